The average Bonchev–Trinajstić information content (AvgIpc) is 3.56. The van der Waals surface area contributed by atoms with E-state index in [9.17, 15) is 13.6 Å². The molecule has 5 aromatic rings. The summed E-state index contributed by atoms with van der Waals surface area (Å²) >= 11 is 0.951. The van der Waals surface area contributed by atoms with Crippen molar-refractivity contribution in [1.29, 1.82) is 0 Å². The number of nitrogens with zero attached hydrogens (tertiary/aromatic N) is 3. The second-order valence-electron chi connectivity index (χ2n) is 10.0. The second-order valence-corrected chi connectivity index (χ2v) is 10.9. The number of halogens is 2. The molecular formula is C32H27F2N5O3S. The van der Waals surface area contributed by atoms with Crippen molar-refractivity contribution in [3.8, 4) is 28.1 Å². The molecule has 0 bridgehead atoms. The highest BCUT2D eigenvalue weighted by atomic mass is 32.2. The number of fused-ring (bicyclic) bond motifs is 1. The van der Waals surface area contributed by atoms with Gasteiger partial charge in [-0.15, -0.1) is 0 Å². The molecule has 0 spiro atoms. The number of nitrogen functional groups attached to an aromatic ring is 1. The summed E-state index contributed by atoms with van der Waals surface area (Å²) in [6, 6.07) is 20.3. The van der Waals surface area contributed by atoms with Crippen LogP contribution in [0.25, 0.3) is 33.2 Å². The monoisotopic (exact) mass is 599 g/mol. The van der Waals surface area contributed by atoms with Crippen LogP contribution in [0, 0.1) is 11.6 Å². The molecule has 3 N–H and O–H groups in total. The topological polar surface area (TPSA) is 103 Å². The van der Waals surface area contributed by atoms with E-state index in [-0.39, 0.29) is 16.7 Å². The van der Waals surface area contributed by atoms with Crippen LogP contribution < -0.4 is 15.3 Å². The first-order valence-corrected chi connectivity index (χ1v) is 14.4. The largest absolute Gasteiger partial charge is 0.383 e. The number of benzene rings is 3. The minimum absolute atomic E-state index is 0.0453. The molecule has 0 aliphatic carbocycles. The highest BCUT2D eigenvalue weighted by Gasteiger charge is 2.20. The molecule has 11 heteroatoms. The maximum absolute atomic E-state index is 14.2. The van der Waals surface area contributed by atoms with Gasteiger partial charge in [-0.3, -0.25) is 4.79 Å². The van der Waals surface area contributed by atoms with Crippen LogP contribution in [-0.4, -0.2) is 41.0 Å². The Morgan fingerprint density at radius 1 is 0.953 bits per heavy atom. The molecule has 0 radical (unpaired) electrons. The maximum atomic E-state index is 14.2. The number of aromatic nitrogens is 2. The van der Waals surface area contributed by atoms with Gasteiger partial charge >= 0.3 is 0 Å². The van der Waals surface area contributed by atoms with Crippen LogP contribution in [-0.2, 0) is 4.89 Å². The van der Waals surface area contributed by atoms with E-state index in [0.717, 1.165) is 77.1 Å². The molecule has 1 saturated heterocycles. The minimum Gasteiger partial charge on any atom is -0.383 e. The van der Waals surface area contributed by atoms with Crippen molar-refractivity contribution < 1.29 is 23.4 Å². The van der Waals surface area contributed by atoms with Crippen molar-refractivity contribution in [2.45, 2.75) is 17.7 Å². The molecule has 1 amide bonds. The van der Waals surface area contributed by atoms with Gasteiger partial charge in [-0.25, -0.2) is 18.7 Å². The van der Waals surface area contributed by atoms with Gasteiger partial charge in [0.1, 0.15) is 23.1 Å². The fraction of sp³-hybridized carbons (Fsp3) is 0.156. The Labute approximate surface area is 250 Å². The maximum Gasteiger partial charge on any atom is 0.280 e. The first-order chi connectivity index (χ1) is 20.9. The standard InChI is InChI=1S/C32H27F2N5O3S/c1-41-42-31-28(38-43-29-11-9-24(33)17-26(29)34)16-23(18-36-31)21-8-10-27-22(14-21)15-25(30(35)37-27)19-4-6-20(7-5-19)32(40)39-12-2-3-13-39/h4-11,14-18,38H,2-3,12-13H2,1H3,(H2,35,37). The molecule has 43 heavy (non-hydrogen) atoms. The van der Waals surface area contributed by atoms with Crippen LogP contribution >= 0.6 is 11.9 Å². The van der Waals surface area contributed by atoms with Crippen LogP contribution in [0.4, 0.5) is 20.3 Å². The molecule has 1 aliphatic rings. The lowest BCUT2D eigenvalue weighted by Crippen LogP contribution is -2.27. The number of amides is 1. The summed E-state index contributed by atoms with van der Waals surface area (Å²) in [5.41, 5.74) is 11.3. The average molecular weight is 600 g/mol. The van der Waals surface area contributed by atoms with E-state index < -0.39 is 11.6 Å². The highest BCUT2D eigenvalue weighted by molar-refractivity contribution is 8.00. The molecular weight excluding hydrogens is 572 g/mol. The summed E-state index contributed by atoms with van der Waals surface area (Å²) < 4.78 is 30.5. The predicted molar refractivity (Wildman–Crippen MR) is 163 cm³/mol. The number of likely N-dealkylation sites (tertiary alicyclic amines) is 1. The third kappa shape index (κ3) is 6.08. The van der Waals surface area contributed by atoms with Crippen LogP contribution in [0.5, 0.6) is 5.88 Å². The van der Waals surface area contributed by atoms with Crippen LogP contribution in [0.2, 0.25) is 0 Å². The van der Waals surface area contributed by atoms with Crippen LogP contribution in [0.1, 0.15) is 23.2 Å². The third-order valence-corrected chi connectivity index (χ3v) is 8.06. The normalized spacial score (nSPS) is 13.0. The molecule has 218 valence electrons. The number of nitrogens with two attached hydrogens (primary N) is 1. The van der Waals surface area contributed by atoms with Gasteiger partial charge in [-0.05, 0) is 84.4 Å². The summed E-state index contributed by atoms with van der Waals surface area (Å²) in [7, 11) is 1.35. The van der Waals surface area contributed by atoms with Crippen LogP contribution in [0.3, 0.4) is 0 Å². The smallest absolute Gasteiger partial charge is 0.280 e. The van der Waals surface area contributed by atoms with Crippen molar-refractivity contribution in [2.24, 2.45) is 0 Å². The number of carbonyl (C=O) groups is 1. The highest BCUT2D eigenvalue weighted by Crippen LogP contribution is 2.35. The van der Waals surface area contributed by atoms with Gasteiger partial charge < -0.3 is 20.2 Å². The van der Waals surface area contributed by atoms with Crippen molar-refractivity contribution in [2.75, 3.05) is 30.7 Å². The minimum atomic E-state index is -0.694. The third-order valence-electron chi connectivity index (χ3n) is 7.19. The van der Waals surface area contributed by atoms with Gasteiger partial charge in [0.15, 0.2) is 0 Å². The van der Waals surface area contributed by atoms with Gasteiger partial charge in [0.25, 0.3) is 11.8 Å². The van der Waals surface area contributed by atoms with Crippen molar-refractivity contribution >= 4 is 40.3 Å². The Hall–Kier alpha value is -4.74. The lowest BCUT2D eigenvalue weighted by molar-refractivity contribution is -0.180. The molecule has 0 unspecified atom stereocenters. The number of pyridine rings is 2. The zero-order valence-corrected chi connectivity index (χ0v) is 24.0. The lowest BCUT2D eigenvalue weighted by Gasteiger charge is -2.15. The van der Waals surface area contributed by atoms with E-state index in [2.05, 4.69) is 14.7 Å². The van der Waals surface area contributed by atoms with Crippen molar-refractivity contribution in [3.05, 3.63) is 96.2 Å². The van der Waals surface area contributed by atoms with Gasteiger partial charge in [0.2, 0.25) is 0 Å². The molecule has 3 heterocycles. The van der Waals surface area contributed by atoms with E-state index in [1.807, 2.05) is 53.4 Å². The predicted octanol–water partition coefficient (Wildman–Crippen LogP) is 7.12. The summed E-state index contributed by atoms with van der Waals surface area (Å²) in [5.74, 6) is -0.775. The molecule has 0 atom stereocenters. The molecule has 6 rings (SSSR count). The zero-order chi connectivity index (χ0) is 29.9. The Kier molecular flexibility index (Phi) is 8.08. The number of rotatable bonds is 8. The molecule has 1 aliphatic heterocycles. The molecule has 0 saturated carbocycles. The molecule has 8 nitrogen and oxygen atoms in total. The van der Waals surface area contributed by atoms with Gasteiger partial charge in [-0.1, -0.05) is 18.2 Å². The van der Waals surface area contributed by atoms with E-state index >= 15 is 0 Å². The Bertz CT molecular complexity index is 1810. The first kappa shape index (κ1) is 28.4. The van der Waals surface area contributed by atoms with Gasteiger partial charge in [0.05, 0.1) is 17.5 Å². The molecule has 3 aromatic carbocycles. The van der Waals surface area contributed by atoms with Crippen LogP contribution in [0.15, 0.2) is 83.9 Å². The number of carbonyl (C=O) groups excluding carboxylic acids is 1. The Morgan fingerprint density at radius 3 is 2.47 bits per heavy atom. The van der Waals surface area contributed by atoms with Gasteiger partial charge in [-0.2, -0.15) is 4.89 Å². The van der Waals surface area contributed by atoms with Crippen molar-refractivity contribution in [3.63, 3.8) is 0 Å². The summed E-state index contributed by atoms with van der Waals surface area (Å²) in [6.07, 6.45) is 3.71. The fourth-order valence-electron chi connectivity index (χ4n) is 4.99. The summed E-state index contributed by atoms with van der Waals surface area (Å²) in [6.45, 7) is 1.59. The lowest BCUT2D eigenvalue weighted by atomic mass is 10.00. The number of anilines is 2. The summed E-state index contributed by atoms with van der Waals surface area (Å²) in [4.78, 5) is 33.8. The number of nitrogens with one attached hydrogen (secondary N) is 1. The molecule has 1 fully saturated rings. The number of hydrogen-bond donors (Lipinski definition) is 2. The quantitative estimate of drug-likeness (QED) is 0.110. The Morgan fingerprint density at radius 2 is 1.72 bits per heavy atom. The van der Waals surface area contributed by atoms with E-state index in [1.54, 1.807) is 12.3 Å². The van der Waals surface area contributed by atoms with E-state index in [0.29, 0.717) is 17.1 Å². The van der Waals surface area contributed by atoms with Crippen molar-refractivity contribution in [1.82, 2.24) is 14.9 Å². The SMILES string of the molecule is COOc1ncc(-c2ccc3nc(N)c(-c4ccc(C(=O)N5CCCC5)cc4)cc3c2)cc1NSc1ccc(F)cc1F. The summed E-state index contributed by atoms with van der Waals surface area (Å²) in [5, 5.41) is 0.855. The van der Waals surface area contributed by atoms with Gasteiger partial charge in [0, 0.05) is 47.4 Å². The molecule has 2 aromatic heterocycles. The Balaban J connectivity index is 1.29. The zero-order valence-electron chi connectivity index (χ0n) is 23.1. The number of hydrogen-bond acceptors (Lipinski definition) is 8. The van der Waals surface area contributed by atoms with E-state index in [1.165, 1.54) is 19.2 Å². The second kappa shape index (κ2) is 12.2. The fourth-order valence-corrected chi connectivity index (χ4v) is 5.65. The first-order valence-electron chi connectivity index (χ1n) is 13.6. The van der Waals surface area contributed by atoms with E-state index in [4.69, 9.17) is 15.5 Å².